The van der Waals surface area contributed by atoms with Crippen LogP contribution in [0.5, 0.6) is 5.75 Å². The van der Waals surface area contributed by atoms with Crippen molar-refractivity contribution in [2.75, 3.05) is 44.6 Å². The lowest BCUT2D eigenvalue weighted by Gasteiger charge is -2.34. The average Bonchev–Trinajstić information content (AvgIpc) is 2.61. The van der Waals surface area contributed by atoms with Gasteiger partial charge >= 0.3 is 0 Å². The zero-order valence-electron chi connectivity index (χ0n) is 14.0. The van der Waals surface area contributed by atoms with Gasteiger partial charge in [0.05, 0.1) is 10.6 Å². The Morgan fingerprint density at radius 2 is 1.92 bits per heavy atom. The summed E-state index contributed by atoms with van der Waals surface area (Å²) in [7, 11) is -3.71. The molecule has 0 spiro atoms. The van der Waals surface area contributed by atoms with Gasteiger partial charge in [-0.2, -0.15) is 4.31 Å². The van der Waals surface area contributed by atoms with Crippen LogP contribution in [0.3, 0.4) is 0 Å². The summed E-state index contributed by atoms with van der Waals surface area (Å²) in [4.78, 5) is 24.9. The van der Waals surface area contributed by atoms with E-state index in [-0.39, 0.29) is 61.8 Å². The van der Waals surface area contributed by atoms with E-state index < -0.39 is 10.0 Å². The van der Waals surface area contributed by atoms with Crippen LogP contribution >= 0.6 is 12.4 Å². The van der Waals surface area contributed by atoms with Crippen molar-refractivity contribution in [1.82, 2.24) is 9.21 Å². The zero-order chi connectivity index (χ0) is 18.0. The predicted octanol–water partition coefficient (Wildman–Crippen LogP) is -0.379. The Balaban J connectivity index is 0.00000243. The second-order valence-electron chi connectivity index (χ2n) is 5.82. The number of rotatable bonds is 4. The van der Waals surface area contributed by atoms with Gasteiger partial charge in [0, 0.05) is 39.1 Å². The molecule has 0 bridgehead atoms. The van der Waals surface area contributed by atoms with Crippen LogP contribution in [-0.2, 0) is 19.6 Å². The molecule has 144 valence electrons. The summed E-state index contributed by atoms with van der Waals surface area (Å²) in [6, 6.07) is 4.38. The monoisotopic (exact) mass is 404 g/mol. The molecular weight excluding hydrogens is 384 g/mol. The molecular formula is C15H21ClN4O5S. The number of sulfonamides is 1. The summed E-state index contributed by atoms with van der Waals surface area (Å²) in [6.07, 6.45) is 0.261. The van der Waals surface area contributed by atoms with Gasteiger partial charge in [0.25, 0.3) is 5.91 Å². The lowest BCUT2D eigenvalue weighted by Crippen LogP contribution is -2.50. The number of nitrogens with one attached hydrogen (secondary N) is 1. The predicted molar refractivity (Wildman–Crippen MR) is 96.8 cm³/mol. The molecule has 2 aliphatic rings. The van der Waals surface area contributed by atoms with Crippen LogP contribution in [0.4, 0.5) is 5.69 Å². The van der Waals surface area contributed by atoms with Crippen molar-refractivity contribution in [3.63, 3.8) is 0 Å². The van der Waals surface area contributed by atoms with E-state index in [1.807, 2.05) is 0 Å². The summed E-state index contributed by atoms with van der Waals surface area (Å²) in [5.41, 5.74) is 5.72. The molecule has 2 aliphatic heterocycles. The fourth-order valence-corrected chi connectivity index (χ4v) is 4.28. The Labute approximate surface area is 157 Å². The topological polar surface area (TPSA) is 122 Å². The summed E-state index contributed by atoms with van der Waals surface area (Å²) < 4.78 is 32.2. The Hall–Kier alpha value is -1.88. The van der Waals surface area contributed by atoms with E-state index in [1.54, 1.807) is 4.90 Å². The quantitative estimate of drug-likeness (QED) is 0.705. The fourth-order valence-electron chi connectivity index (χ4n) is 2.83. The first-order valence-corrected chi connectivity index (χ1v) is 9.40. The molecule has 3 rings (SSSR count). The molecule has 0 atom stereocenters. The van der Waals surface area contributed by atoms with Crippen molar-refractivity contribution in [3.05, 3.63) is 18.2 Å². The number of carbonyl (C=O) groups excluding carboxylic acids is 2. The number of ether oxygens (including phenoxy) is 1. The smallest absolute Gasteiger partial charge is 0.262 e. The van der Waals surface area contributed by atoms with E-state index in [9.17, 15) is 18.0 Å². The number of hydrogen-bond acceptors (Lipinski definition) is 6. The van der Waals surface area contributed by atoms with Gasteiger partial charge in [-0.25, -0.2) is 8.42 Å². The minimum Gasteiger partial charge on any atom is -0.482 e. The van der Waals surface area contributed by atoms with Gasteiger partial charge in [-0.1, -0.05) is 0 Å². The lowest BCUT2D eigenvalue weighted by atomic mass is 10.2. The number of nitrogens with zero attached hydrogens (tertiary/aromatic N) is 2. The molecule has 0 radical (unpaired) electrons. The van der Waals surface area contributed by atoms with Gasteiger partial charge in [0.1, 0.15) is 5.75 Å². The third kappa shape index (κ3) is 4.09. The first kappa shape index (κ1) is 20.4. The summed E-state index contributed by atoms with van der Waals surface area (Å²) in [5, 5.41) is 2.60. The lowest BCUT2D eigenvalue weighted by molar-refractivity contribution is -0.132. The number of amides is 2. The van der Waals surface area contributed by atoms with Crippen LogP contribution in [0.15, 0.2) is 23.1 Å². The summed E-state index contributed by atoms with van der Waals surface area (Å²) in [6.45, 7) is 1.31. The molecule has 1 saturated heterocycles. The maximum Gasteiger partial charge on any atom is 0.262 e. The van der Waals surface area contributed by atoms with E-state index in [1.165, 1.54) is 22.5 Å². The molecule has 0 aliphatic carbocycles. The van der Waals surface area contributed by atoms with Crippen molar-refractivity contribution in [2.45, 2.75) is 11.3 Å². The molecule has 0 aromatic heterocycles. The molecule has 3 N–H and O–H groups in total. The largest absolute Gasteiger partial charge is 0.482 e. The standard InChI is InChI=1S/C15H20N4O5S.ClH/c16-4-3-15(21)18-5-7-19(8-6-18)25(22,23)11-1-2-13-12(9-11)17-14(20)10-24-13;/h1-2,9H,3-8,10,16H2,(H,17,20);1H. The minimum absolute atomic E-state index is 0. The molecule has 11 heteroatoms. The third-order valence-corrected chi connectivity index (χ3v) is 6.07. The van der Waals surface area contributed by atoms with Crippen molar-refractivity contribution in [2.24, 2.45) is 5.73 Å². The van der Waals surface area contributed by atoms with Crippen LogP contribution in [-0.4, -0.2) is 68.8 Å². The second kappa shape index (κ2) is 8.21. The summed E-state index contributed by atoms with van der Waals surface area (Å²) in [5.74, 6) is 0.0537. The molecule has 0 unspecified atom stereocenters. The van der Waals surface area contributed by atoms with E-state index in [0.717, 1.165) is 0 Å². The van der Waals surface area contributed by atoms with Crippen LogP contribution in [0.1, 0.15) is 6.42 Å². The number of hydrogen-bond donors (Lipinski definition) is 2. The van der Waals surface area contributed by atoms with Crippen LogP contribution < -0.4 is 15.8 Å². The van der Waals surface area contributed by atoms with Gasteiger partial charge in [-0.05, 0) is 18.2 Å². The maximum atomic E-state index is 12.8. The van der Waals surface area contributed by atoms with Crippen molar-refractivity contribution in [1.29, 1.82) is 0 Å². The highest BCUT2D eigenvalue weighted by Gasteiger charge is 2.31. The first-order valence-electron chi connectivity index (χ1n) is 7.96. The van der Waals surface area contributed by atoms with E-state index in [2.05, 4.69) is 5.32 Å². The van der Waals surface area contributed by atoms with E-state index in [0.29, 0.717) is 24.5 Å². The molecule has 1 aromatic carbocycles. The maximum absolute atomic E-state index is 12.8. The zero-order valence-corrected chi connectivity index (χ0v) is 15.6. The number of piperazine rings is 1. The van der Waals surface area contributed by atoms with Gasteiger partial charge in [-0.15, -0.1) is 12.4 Å². The summed E-state index contributed by atoms with van der Waals surface area (Å²) >= 11 is 0. The normalized spacial score (nSPS) is 17.6. The number of anilines is 1. The average molecular weight is 405 g/mol. The number of halogens is 1. The van der Waals surface area contributed by atoms with Crippen LogP contribution in [0.25, 0.3) is 0 Å². The highest BCUT2D eigenvalue weighted by atomic mass is 35.5. The molecule has 1 fully saturated rings. The fraction of sp³-hybridized carbons (Fsp3) is 0.467. The van der Waals surface area contributed by atoms with Crippen LogP contribution in [0.2, 0.25) is 0 Å². The minimum atomic E-state index is -3.71. The SMILES string of the molecule is Cl.NCCC(=O)N1CCN(S(=O)(=O)c2ccc3c(c2)NC(=O)CO3)CC1. The molecule has 1 aromatic rings. The number of benzene rings is 1. The molecule has 0 saturated carbocycles. The number of fused-ring (bicyclic) bond motifs is 1. The number of carbonyl (C=O) groups is 2. The van der Waals surface area contributed by atoms with E-state index >= 15 is 0 Å². The third-order valence-electron chi connectivity index (χ3n) is 4.17. The molecule has 2 heterocycles. The van der Waals surface area contributed by atoms with Crippen molar-refractivity contribution >= 4 is 39.9 Å². The van der Waals surface area contributed by atoms with E-state index in [4.69, 9.17) is 10.5 Å². The molecule has 2 amide bonds. The Morgan fingerprint density at radius 1 is 1.23 bits per heavy atom. The first-order chi connectivity index (χ1) is 11.9. The Kier molecular flexibility index (Phi) is 6.45. The Bertz CT molecular complexity index is 793. The highest BCUT2D eigenvalue weighted by molar-refractivity contribution is 7.89. The van der Waals surface area contributed by atoms with Gasteiger partial charge in [0.2, 0.25) is 15.9 Å². The Morgan fingerprint density at radius 3 is 2.58 bits per heavy atom. The molecule has 9 nitrogen and oxygen atoms in total. The molecule has 26 heavy (non-hydrogen) atoms. The van der Waals surface area contributed by atoms with Gasteiger partial charge < -0.3 is 20.7 Å². The number of nitrogens with two attached hydrogens (primary N) is 1. The van der Waals surface area contributed by atoms with Crippen LogP contribution in [0, 0.1) is 0 Å². The highest BCUT2D eigenvalue weighted by Crippen LogP contribution is 2.31. The van der Waals surface area contributed by atoms with Gasteiger partial charge in [0.15, 0.2) is 6.61 Å². The van der Waals surface area contributed by atoms with Crippen molar-refractivity contribution < 1.29 is 22.7 Å². The van der Waals surface area contributed by atoms with Gasteiger partial charge in [-0.3, -0.25) is 9.59 Å². The second-order valence-corrected chi connectivity index (χ2v) is 7.76. The van der Waals surface area contributed by atoms with Crippen molar-refractivity contribution in [3.8, 4) is 5.75 Å².